The fraction of sp³-hybridized carbons (Fsp3) is 0.538. The Morgan fingerprint density at radius 1 is 0.938 bits per heavy atom. The van der Waals surface area contributed by atoms with E-state index in [2.05, 4.69) is 13.8 Å². The average molecular weight is 228 g/mol. The molecule has 0 aromatic heterocycles. The van der Waals surface area contributed by atoms with Crippen molar-refractivity contribution in [2.45, 2.75) is 38.3 Å². The van der Waals surface area contributed by atoms with Crippen LogP contribution >= 0.6 is 0 Å². The summed E-state index contributed by atoms with van der Waals surface area (Å²) in [6.45, 7) is 4.21. The highest BCUT2D eigenvalue weighted by molar-refractivity contribution is 5.31. The van der Waals surface area contributed by atoms with Crippen LogP contribution in [0.4, 0.5) is 13.2 Å². The van der Waals surface area contributed by atoms with Gasteiger partial charge in [-0.3, -0.25) is 0 Å². The minimum atomic E-state index is -4.23. The van der Waals surface area contributed by atoms with Crippen LogP contribution in [0.1, 0.15) is 37.8 Å². The molecule has 1 aliphatic rings. The Morgan fingerprint density at radius 3 is 1.75 bits per heavy atom. The van der Waals surface area contributed by atoms with Gasteiger partial charge in [0.25, 0.3) is 0 Å². The lowest BCUT2D eigenvalue weighted by atomic mass is 9.80. The molecule has 0 spiro atoms. The van der Waals surface area contributed by atoms with Crippen molar-refractivity contribution < 1.29 is 13.2 Å². The van der Waals surface area contributed by atoms with E-state index < -0.39 is 11.7 Å². The summed E-state index contributed by atoms with van der Waals surface area (Å²) in [7, 11) is 0. The molecule has 0 nitrogen and oxygen atoms in total. The molecule has 0 radical (unpaired) electrons. The van der Waals surface area contributed by atoms with Crippen molar-refractivity contribution in [1.82, 2.24) is 0 Å². The largest absolute Gasteiger partial charge is 0.416 e. The van der Waals surface area contributed by atoms with Crippen molar-refractivity contribution in [3.05, 3.63) is 35.4 Å². The van der Waals surface area contributed by atoms with Gasteiger partial charge < -0.3 is 0 Å². The molecule has 2 rings (SSSR count). The maximum absolute atomic E-state index is 12.4. The predicted octanol–water partition coefficient (Wildman–Crippen LogP) is 4.39. The van der Waals surface area contributed by atoms with Gasteiger partial charge in [0.15, 0.2) is 0 Å². The summed E-state index contributed by atoms with van der Waals surface area (Å²) >= 11 is 0. The number of hydrogen-bond acceptors (Lipinski definition) is 0. The van der Waals surface area contributed by atoms with E-state index in [0.717, 1.165) is 5.56 Å². The van der Waals surface area contributed by atoms with Crippen molar-refractivity contribution in [2.75, 3.05) is 0 Å². The second kappa shape index (κ2) is 3.51. The number of benzene rings is 1. The third kappa shape index (κ3) is 2.08. The number of hydrogen-bond donors (Lipinski definition) is 0. The second-order valence-corrected chi connectivity index (χ2v) is 5.07. The third-order valence-corrected chi connectivity index (χ3v) is 3.55. The highest BCUT2D eigenvalue weighted by Gasteiger charge is 2.39. The van der Waals surface area contributed by atoms with Gasteiger partial charge >= 0.3 is 6.18 Å². The standard InChI is InChI=1S/C13H15F3/c1-12(2,9-3-4-9)10-5-7-11(8-6-10)13(14,15)16/h5-9H,3-4H2,1-2H3. The zero-order valence-corrected chi connectivity index (χ0v) is 9.43. The Labute approximate surface area is 93.5 Å². The van der Waals surface area contributed by atoms with Crippen molar-refractivity contribution in [3.8, 4) is 0 Å². The zero-order valence-electron chi connectivity index (χ0n) is 9.43. The highest BCUT2D eigenvalue weighted by atomic mass is 19.4. The maximum atomic E-state index is 12.4. The van der Waals surface area contributed by atoms with Crippen molar-refractivity contribution >= 4 is 0 Å². The van der Waals surface area contributed by atoms with Gasteiger partial charge in [-0.1, -0.05) is 26.0 Å². The summed E-state index contributed by atoms with van der Waals surface area (Å²) in [5.74, 6) is 0.629. The van der Waals surface area contributed by atoms with Gasteiger partial charge in [-0.05, 0) is 41.9 Å². The molecule has 0 heterocycles. The summed E-state index contributed by atoms with van der Waals surface area (Å²) in [6, 6.07) is 5.58. The third-order valence-electron chi connectivity index (χ3n) is 3.55. The minimum absolute atomic E-state index is 0.00410. The molecule has 0 unspecified atom stereocenters. The minimum Gasteiger partial charge on any atom is -0.166 e. The molecule has 16 heavy (non-hydrogen) atoms. The van der Waals surface area contributed by atoms with Gasteiger partial charge in [0.2, 0.25) is 0 Å². The van der Waals surface area contributed by atoms with Crippen molar-refractivity contribution in [3.63, 3.8) is 0 Å². The molecule has 1 aliphatic carbocycles. The lowest BCUT2D eigenvalue weighted by Crippen LogP contribution is -2.20. The molecule has 0 aliphatic heterocycles. The first-order valence-electron chi connectivity index (χ1n) is 5.49. The van der Waals surface area contributed by atoms with E-state index in [9.17, 15) is 13.2 Å². The van der Waals surface area contributed by atoms with E-state index >= 15 is 0 Å². The van der Waals surface area contributed by atoms with Gasteiger partial charge in [0.05, 0.1) is 5.56 Å². The molecule has 0 amide bonds. The van der Waals surface area contributed by atoms with Gasteiger partial charge in [-0.15, -0.1) is 0 Å². The monoisotopic (exact) mass is 228 g/mol. The van der Waals surface area contributed by atoms with Crippen LogP contribution in [-0.2, 0) is 11.6 Å². The second-order valence-electron chi connectivity index (χ2n) is 5.07. The summed E-state index contributed by atoms with van der Waals surface area (Å²) in [5.41, 5.74) is 0.440. The quantitative estimate of drug-likeness (QED) is 0.704. The van der Waals surface area contributed by atoms with Crippen LogP contribution in [0.2, 0.25) is 0 Å². The first kappa shape index (κ1) is 11.5. The Morgan fingerprint density at radius 2 is 1.38 bits per heavy atom. The summed E-state index contributed by atoms with van der Waals surface area (Å²) in [4.78, 5) is 0. The number of alkyl halides is 3. The van der Waals surface area contributed by atoms with Crippen LogP contribution in [0.15, 0.2) is 24.3 Å². The van der Waals surface area contributed by atoms with Gasteiger partial charge in [0.1, 0.15) is 0 Å². The smallest absolute Gasteiger partial charge is 0.166 e. The van der Waals surface area contributed by atoms with Crippen LogP contribution in [0.3, 0.4) is 0 Å². The summed E-state index contributed by atoms with van der Waals surface area (Å²) < 4.78 is 37.2. The molecule has 1 saturated carbocycles. The Kier molecular flexibility index (Phi) is 2.52. The van der Waals surface area contributed by atoms with Crippen molar-refractivity contribution in [1.29, 1.82) is 0 Å². The fourth-order valence-electron chi connectivity index (χ4n) is 2.13. The fourth-order valence-corrected chi connectivity index (χ4v) is 2.13. The first-order valence-corrected chi connectivity index (χ1v) is 5.49. The van der Waals surface area contributed by atoms with Crippen LogP contribution in [0, 0.1) is 5.92 Å². The molecule has 3 heteroatoms. The van der Waals surface area contributed by atoms with Gasteiger partial charge in [0, 0.05) is 0 Å². The Balaban J connectivity index is 2.25. The van der Waals surface area contributed by atoms with Crippen LogP contribution < -0.4 is 0 Å². The van der Waals surface area contributed by atoms with E-state index in [0.29, 0.717) is 5.92 Å². The van der Waals surface area contributed by atoms with E-state index in [1.807, 2.05) is 0 Å². The average Bonchev–Trinajstić information content (AvgIpc) is 3.00. The molecular weight excluding hydrogens is 213 g/mol. The molecule has 0 atom stereocenters. The predicted molar refractivity (Wildman–Crippen MR) is 57.2 cm³/mol. The lowest BCUT2D eigenvalue weighted by Gasteiger charge is -2.25. The van der Waals surface area contributed by atoms with E-state index in [1.165, 1.54) is 25.0 Å². The van der Waals surface area contributed by atoms with Gasteiger partial charge in [-0.2, -0.15) is 13.2 Å². The Bertz CT molecular complexity index is 369. The van der Waals surface area contributed by atoms with Gasteiger partial charge in [-0.25, -0.2) is 0 Å². The van der Waals surface area contributed by atoms with Crippen LogP contribution in [0.5, 0.6) is 0 Å². The normalized spacial score (nSPS) is 17.6. The molecular formula is C13H15F3. The zero-order chi connectivity index (χ0) is 12.0. The Hall–Kier alpha value is -0.990. The molecule has 0 saturated heterocycles. The van der Waals surface area contributed by atoms with E-state index in [1.54, 1.807) is 12.1 Å². The molecule has 0 bridgehead atoms. The molecule has 1 aromatic rings. The van der Waals surface area contributed by atoms with E-state index in [4.69, 9.17) is 0 Å². The molecule has 88 valence electrons. The summed E-state index contributed by atoms with van der Waals surface area (Å²) in [6.07, 6.45) is -1.86. The molecule has 0 N–H and O–H groups in total. The first-order chi connectivity index (χ1) is 7.32. The highest BCUT2D eigenvalue weighted by Crippen LogP contribution is 2.47. The number of rotatable bonds is 2. The lowest BCUT2D eigenvalue weighted by molar-refractivity contribution is -0.137. The van der Waals surface area contributed by atoms with Crippen LogP contribution in [-0.4, -0.2) is 0 Å². The van der Waals surface area contributed by atoms with Crippen molar-refractivity contribution in [2.24, 2.45) is 5.92 Å². The summed E-state index contributed by atoms with van der Waals surface area (Å²) in [5, 5.41) is 0. The molecule has 1 fully saturated rings. The maximum Gasteiger partial charge on any atom is 0.416 e. The number of halogens is 3. The topological polar surface area (TPSA) is 0 Å². The molecule has 1 aromatic carbocycles. The SMILES string of the molecule is CC(C)(c1ccc(C(F)(F)F)cc1)C1CC1. The van der Waals surface area contributed by atoms with E-state index in [-0.39, 0.29) is 5.41 Å². The van der Waals surface area contributed by atoms with Crippen LogP contribution in [0.25, 0.3) is 0 Å².